The minimum atomic E-state index is -0.203. The average Bonchev–Trinajstić information content (AvgIpc) is 2.52. The first-order chi connectivity index (χ1) is 11.2. The van der Waals surface area contributed by atoms with Gasteiger partial charge in [-0.15, -0.1) is 0 Å². The molecule has 120 valence electrons. The lowest BCUT2D eigenvalue weighted by atomic mass is 9.97. The Balaban J connectivity index is 1.49. The predicted octanol–water partition coefficient (Wildman–Crippen LogP) is 4.42. The molecule has 0 bridgehead atoms. The fourth-order valence-corrected chi connectivity index (χ4v) is 2.86. The molecule has 0 atom stereocenters. The van der Waals surface area contributed by atoms with Crippen molar-refractivity contribution in [2.75, 3.05) is 13.2 Å². The number of hydrogen-bond acceptors (Lipinski definition) is 2. The third kappa shape index (κ3) is 4.26. The van der Waals surface area contributed by atoms with Gasteiger partial charge in [-0.3, -0.25) is 4.79 Å². The van der Waals surface area contributed by atoms with Crippen molar-refractivity contribution in [2.24, 2.45) is 5.92 Å². The highest BCUT2D eigenvalue weighted by molar-refractivity contribution is 5.78. The van der Waals surface area contributed by atoms with Gasteiger partial charge in [0.2, 0.25) is 0 Å². The van der Waals surface area contributed by atoms with Gasteiger partial charge in [0.1, 0.15) is 11.6 Å². The Morgan fingerprint density at radius 3 is 2.48 bits per heavy atom. The van der Waals surface area contributed by atoms with E-state index in [0.717, 1.165) is 31.6 Å². The van der Waals surface area contributed by atoms with Crippen molar-refractivity contribution < 1.29 is 13.9 Å². The van der Waals surface area contributed by atoms with E-state index in [1.807, 2.05) is 30.3 Å². The topological polar surface area (TPSA) is 26.3 Å². The molecule has 2 aromatic rings. The van der Waals surface area contributed by atoms with Crippen LogP contribution in [0.5, 0.6) is 0 Å². The van der Waals surface area contributed by atoms with E-state index in [2.05, 4.69) is 0 Å². The maximum Gasteiger partial charge on any atom is 0.133 e. The number of aryl methyl sites for hydroxylation is 1. The Hall–Kier alpha value is -2.00. The van der Waals surface area contributed by atoms with Crippen LogP contribution in [0.1, 0.15) is 24.8 Å². The quantitative estimate of drug-likeness (QED) is 0.756. The molecule has 1 saturated heterocycles. The van der Waals surface area contributed by atoms with Crippen LogP contribution in [-0.2, 0) is 16.0 Å². The van der Waals surface area contributed by atoms with E-state index in [-0.39, 0.29) is 5.82 Å². The normalized spacial score (nSPS) is 14.5. The van der Waals surface area contributed by atoms with Crippen LogP contribution >= 0.6 is 0 Å². The highest BCUT2D eigenvalue weighted by Gasteiger charge is 2.21. The van der Waals surface area contributed by atoms with Gasteiger partial charge in [0.05, 0.1) is 13.2 Å². The minimum Gasteiger partial charge on any atom is -0.381 e. The SMILES string of the molecule is O=C(CCCc1ccc(-c2ccccc2F)cc1)CC1COC1. The van der Waals surface area contributed by atoms with Crippen LogP contribution in [0.3, 0.4) is 0 Å². The van der Waals surface area contributed by atoms with E-state index in [1.165, 1.54) is 11.6 Å². The maximum absolute atomic E-state index is 13.8. The van der Waals surface area contributed by atoms with Gasteiger partial charge in [0.15, 0.2) is 0 Å². The number of carbonyl (C=O) groups is 1. The van der Waals surface area contributed by atoms with Crippen LogP contribution in [0.4, 0.5) is 4.39 Å². The molecule has 2 aromatic carbocycles. The number of carbonyl (C=O) groups excluding carboxylic acids is 1. The van der Waals surface area contributed by atoms with E-state index in [1.54, 1.807) is 12.1 Å². The molecule has 0 aromatic heterocycles. The second-order valence-corrected chi connectivity index (χ2v) is 6.18. The molecule has 3 rings (SSSR count). The van der Waals surface area contributed by atoms with Crippen molar-refractivity contribution in [3.63, 3.8) is 0 Å². The molecule has 1 aliphatic heterocycles. The van der Waals surface area contributed by atoms with Gasteiger partial charge in [0, 0.05) is 24.3 Å². The van der Waals surface area contributed by atoms with Gasteiger partial charge in [-0.2, -0.15) is 0 Å². The van der Waals surface area contributed by atoms with Crippen LogP contribution < -0.4 is 0 Å². The standard InChI is InChI=1S/C20H21FO2/c21-20-7-2-1-6-19(20)17-10-8-15(9-11-17)4-3-5-18(22)12-16-13-23-14-16/h1-2,6-11,16H,3-5,12-14H2. The highest BCUT2D eigenvalue weighted by atomic mass is 19.1. The lowest BCUT2D eigenvalue weighted by Crippen LogP contribution is -2.29. The molecule has 0 amide bonds. The van der Waals surface area contributed by atoms with E-state index >= 15 is 0 Å². The number of ether oxygens (including phenoxy) is 1. The second kappa shape index (κ2) is 7.51. The zero-order chi connectivity index (χ0) is 16.1. The van der Waals surface area contributed by atoms with Gasteiger partial charge in [-0.25, -0.2) is 4.39 Å². The highest BCUT2D eigenvalue weighted by Crippen LogP contribution is 2.23. The molecular weight excluding hydrogens is 291 g/mol. The van der Waals surface area contributed by atoms with E-state index in [4.69, 9.17) is 4.74 Å². The Kier molecular flexibility index (Phi) is 5.19. The molecular formula is C20H21FO2. The van der Waals surface area contributed by atoms with Gasteiger partial charge >= 0.3 is 0 Å². The van der Waals surface area contributed by atoms with Crippen molar-refractivity contribution in [3.8, 4) is 11.1 Å². The summed E-state index contributed by atoms with van der Waals surface area (Å²) < 4.78 is 18.8. The Morgan fingerprint density at radius 2 is 1.83 bits per heavy atom. The number of hydrogen-bond donors (Lipinski definition) is 0. The summed E-state index contributed by atoms with van der Waals surface area (Å²) in [6.07, 6.45) is 3.04. The summed E-state index contributed by atoms with van der Waals surface area (Å²) in [4.78, 5) is 11.8. The van der Waals surface area contributed by atoms with Crippen molar-refractivity contribution >= 4 is 5.78 Å². The molecule has 2 nitrogen and oxygen atoms in total. The molecule has 0 N–H and O–H groups in total. The van der Waals surface area contributed by atoms with Crippen molar-refractivity contribution in [1.82, 2.24) is 0 Å². The third-order valence-electron chi connectivity index (χ3n) is 4.28. The zero-order valence-electron chi connectivity index (χ0n) is 13.1. The fourth-order valence-electron chi connectivity index (χ4n) is 2.86. The summed E-state index contributed by atoms with van der Waals surface area (Å²) in [6, 6.07) is 14.7. The molecule has 0 saturated carbocycles. The molecule has 0 unspecified atom stereocenters. The molecule has 23 heavy (non-hydrogen) atoms. The third-order valence-corrected chi connectivity index (χ3v) is 4.28. The van der Waals surface area contributed by atoms with Crippen molar-refractivity contribution in [2.45, 2.75) is 25.7 Å². The largest absolute Gasteiger partial charge is 0.381 e. The Morgan fingerprint density at radius 1 is 1.09 bits per heavy atom. The molecule has 1 aliphatic rings. The lowest BCUT2D eigenvalue weighted by molar-refractivity contribution is -0.124. The molecule has 0 aliphatic carbocycles. The zero-order valence-corrected chi connectivity index (χ0v) is 13.1. The summed E-state index contributed by atoms with van der Waals surface area (Å²) >= 11 is 0. The predicted molar refractivity (Wildman–Crippen MR) is 88.7 cm³/mol. The first kappa shape index (κ1) is 15.9. The van der Waals surface area contributed by atoms with Gasteiger partial charge in [-0.1, -0.05) is 42.5 Å². The van der Waals surface area contributed by atoms with Crippen LogP contribution in [0.2, 0.25) is 0 Å². The first-order valence-corrected chi connectivity index (χ1v) is 8.15. The van der Waals surface area contributed by atoms with E-state index < -0.39 is 0 Å². The minimum absolute atomic E-state index is 0.203. The summed E-state index contributed by atoms with van der Waals surface area (Å²) in [7, 11) is 0. The Bertz CT molecular complexity index is 660. The van der Waals surface area contributed by atoms with Crippen LogP contribution in [-0.4, -0.2) is 19.0 Å². The summed E-state index contributed by atoms with van der Waals surface area (Å²) in [5.74, 6) is 0.578. The number of Topliss-reactive ketones (excluding diaryl/α,β-unsaturated/α-hetero) is 1. The number of benzene rings is 2. The van der Waals surface area contributed by atoms with E-state index in [9.17, 15) is 9.18 Å². The molecule has 1 fully saturated rings. The van der Waals surface area contributed by atoms with Crippen molar-refractivity contribution in [3.05, 3.63) is 59.9 Å². The van der Waals surface area contributed by atoms with Crippen LogP contribution in [0.25, 0.3) is 11.1 Å². The number of ketones is 1. The summed E-state index contributed by atoms with van der Waals surface area (Å²) in [6.45, 7) is 1.48. The van der Waals surface area contributed by atoms with Gasteiger partial charge in [0.25, 0.3) is 0 Å². The smallest absolute Gasteiger partial charge is 0.133 e. The molecule has 0 radical (unpaired) electrons. The molecule has 1 heterocycles. The summed E-state index contributed by atoms with van der Waals surface area (Å²) in [5, 5.41) is 0. The lowest BCUT2D eigenvalue weighted by Gasteiger charge is -2.25. The van der Waals surface area contributed by atoms with Crippen molar-refractivity contribution in [1.29, 1.82) is 0 Å². The first-order valence-electron chi connectivity index (χ1n) is 8.15. The summed E-state index contributed by atoms with van der Waals surface area (Å²) in [5.41, 5.74) is 2.69. The van der Waals surface area contributed by atoms with Crippen LogP contribution in [0, 0.1) is 11.7 Å². The second-order valence-electron chi connectivity index (χ2n) is 6.18. The molecule has 3 heteroatoms. The number of halogens is 1. The van der Waals surface area contributed by atoms with Gasteiger partial charge in [-0.05, 0) is 30.0 Å². The monoisotopic (exact) mass is 312 g/mol. The number of rotatable bonds is 7. The van der Waals surface area contributed by atoms with Crippen LogP contribution in [0.15, 0.2) is 48.5 Å². The van der Waals surface area contributed by atoms with E-state index in [0.29, 0.717) is 30.1 Å². The average molecular weight is 312 g/mol. The maximum atomic E-state index is 13.8. The fraction of sp³-hybridized carbons (Fsp3) is 0.350. The molecule has 0 spiro atoms. The Labute approximate surface area is 136 Å². The van der Waals surface area contributed by atoms with Gasteiger partial charge < -0.3 is 4.74 Å².